The van der Waals surface area contributed by atoms with Crippen LogP contribution in [0.5, 0.6) is 0 Å². The maximum Gasteiger partial charge on any atom is 0.00206 e. The van der Waals surface area contributed by atoms with Crippen molar-refractivity contribution in [3.8, 4) is 0 Å². The molecule has 1 saturated carbocycles. The molecule has 1 heterocycles. The van der Waals surface area contributed by atoms with Crippen LogP contribution in [0.15, 0.2) is 24.3 Å². The van der Waals surface area contributed by atoms with E-state index >= 15 is 0 Å². The minimum atomic E-state index is 0. The fourth-order valence-corrected chi connectivity index (χ4v) is 2.40. The van der Waals surface area contributed by atoms with Crippen LogP contribution in [0.2, 0.25) is 0 Å². The second kappa shape index (κ2) is 4.54. The zero-order chi connectivity index (χ0) is 9.38. The molecule has 1 N–H and O–H groups in total. The summed E-state index contributed by atoms with van der Waals surface area (Å²) >= 11 is 0. The summed E-state index contributed by atoms with van der Waals surface area (Å²) in [7, 11) is 0. The first-order valence-corrected chi connectivity index (χ1v) is 5.74. The Bertz CT molecular complexity index is 310. The average molecular weight is 224 g/mol. The Labute approximate surface area is 97.7 Å². The molecule has 3 rings (SSSR count). The molecule has 2 heteroatoms. The Hall–Kier alpha value is -0.530. The summed E-state index contributed by atoms with van der Waals surface area (Å²) in [6.07, 6.45) is 4.12. The van der Waals surface area contributed by atoms with E-state index in [0.717, 1.165) is 11.8 Å². The smallest absolute Gasteiger partial charge is 0.00206 e. The van der Waals surface area contributed by atoms with Crippen LogP contribution in [0.4, 0.5) is 0 Å². The standard InChI is InChI=1S/C13H17N.ClH/c1-2-10(1)11-3-5-12(6-4-11)13-7-8-14-9-13;/h3-6,10,13-14H,1-2,7-9H2;1H. The number of hydrogen-bond donors (Lipinski definition) is 1. The number of hydrogen-bond acceptors (Lipinski definition) is 1. The zero-order valence-corrected chi connectivity index (χ0v) is 9.72. The number of benzene rings is 1. The largest absolute Gasteiger partial charge is 0.316 e. The highest BCUT2D eigenvalue weighted by atomic mass is 35.5. The van der Waals surface area contributed by atoms with Gasteiger partial charge in [0.2, 0.25) is 0 Å². The van der Waals surface area contributed by atoms with E-state index in [4.69, 9.17) is 0 Å². The van der Waals surface area contributed by atoms with E-state index in [-0.39, 0.29) is 12.4 Å². The van der Waals surface area contributed by atoms with E-state index in [1.165, 1.54) is 37.9 Å². The maximum atomic E-state index is 3.42. The van der Waals surface area contributed by atoms with Crippen molar-refractivity contribution in [3.05, 3.63) is 35.4 Å². The summed E-state index contributed by atoms with van der Waals surface area (Å²) in [5.74, 6) is 1.66. The SMILES string of the molecule is Cl.c1cc(C2CCNC2)ccc1C1CC1. The lowest BCUT2D eigenvalue weighted by molar-refractivity contribution is 0.763. The minimum Gasteiger partial charge on any atom is -0.316 e. The van der Waals surface area contributed by atoms with Crippen molar-refractivity contribution in [1.29, 1.82) is 0 Å². The summed E-state index contributed by atoms with van der Waals surface area (Å²) in [6.45, 7) is 2.36. The Morgan fingerprint density at radius 1 is 0.867 bits per heavy atom. The summed E-state index contributed by atoms with van der Waals surface area (Å²) in [5, 5.41) is 3.42. The van der Waals surface area contributed by atoms with Crippen LogP contribution in [0.1, 0.15) is 42.2 Å². The fraction of sp³-hybridized carbons (Fsp3) is 0.538. The molecule has 0 bridgehead atoms. The monoisotopic (exact) mass is 223 g/mol. The lowest BCUT2D eigenvalue weighted by atomic mass is 9.96. The third kappa shape index (κ3) is 2.35. The quantitative estimate of drug-likeness (QED) is 0.813. The number of nitrogens with one attached hydrogen (secondary N) is 1. The Balaban J connectivity index is 0.000000853. The summed E-state index contributed by atoms with van der Waals surface area (Å²) < 4.78 is 0. The van der Waals surface area contributed by atoms with Crippen LogP contribution in [0.25, 0.3) is 0 Å². The van der Waals surface area contributed by atoms with Gasteiger partial charge in [0, 0.05) is 6.54 Å². The lowest BCUT2D eigenvalue weighted by Crippen LogP contribution is -2.07. The minimum absolute atomic E-state index is 0. The molecule has 1 aromatic rings. The van der Waals surface area contributed by atoms with Gasteiger partial charge in [-0.05, 0) is 48.8 Å². The molecule has 1 aliphatic carbocycles. The second-order valence-electron chi connectivity index (χ2n) is 4.63. The van der Waals surface area contributed by atoms with E-state index in [0.29, 0.717) is 0 Å². The van der Waals surface area contributed by atoms with Gasteiger partial charge in [0.15, 0.2) is 0 Å². The molecular weight excluding hydrogens is 206 g/mol. The molecule has 2 fully saturated rings. The molecule has 1 nitrogen and oxygen atoms in total. The van der Waals surface area contributed by atoms with Crippen molar-refractivity contribution in [2.24, 2.45) is 0 Å². The fourth-order valence-electron chi connectivity index (χ4n) is 2.40. The van der Waals surface area contributed by atoms with Crippen molar-refractivity contribution < 1.29 is 0 Å². The van der Waals surface area contributed by atoms with Crippen LogP contribution in [-0.4, -0.2) is 13.1 Å². The third-order valence-corrected chi connectivity index (χ3v) is 3.52. The third-order valence-electron chi connectivity index (χ3n) is 3.52. The summed E-state index contributed by atoms with van der Waals surface area (Å²) in [6, 6.07) is 9.35. The van der Waals surface area contributed by atoms with E-state index in [1.54, 1.807) is 5.56 Å². The molecule has 1 saturated heterocycles. The Morgan fingerprint density at radius 3 is 1.93 bits per heavy atom. The van der Waals surface area contributed by atoms with Gasteiger partial charge in [0.05, 0.1) is 0 Å². The van der Waals surface area contributed by atoms with Crippen LogP contribution in [0.3, 0.4) is 0 Å². The molecule has 0 spiro atoms. The lowest BCUT2D eigenvalue weighted by Gasteiger charge is -2.09. The summed E-state index contributed by atoms with van der Waals surface area (Å²) in [5.41, 5.74) is 3.08. The second-order valence-corrected chi connectivity index (χ2v) is 4.63. The Morgan fingerprint density at radius 2 is 1.47 bits per heavy atom. The van der Waals surface area contributed by atoms with Gasteiger partial charge in [-0.1, -0.05) is 24.3 Å². The molecule has 1 aliphatic heterocycles. The highest BCUT2D eigenvalue weighted by Crippen LogP contribution is 2.40. The van der Waals surface area contributed by atoms with Gasteiger partial charge < -0.3 is 5.32 Å². The molecule has 0 radical (unpaired) electrons. The van der Waals surface area contributed by atoms with Crippen LogP contribution < -0.4 is 5.32 Å². The summed E-state index contributed by atoms with van der Waals surface area (Å²) in [4.78, 5) is 0. The van der Waals surface area contributed by atoms with Gasteiger partial charge >= 0.3 is 0 Å². The van der Waals surface area contributed by atoms with E-state index in [2.05, 4.69) is 29.6 Å². The van der Waals surface area contributed by atoms with Gasteiger partial charge in [-0.15, -0.1) is 12.4 Å². The number of rotatable bonds is 2. The molecule has 1 unspecified atom stereocenters. The van der Waals surface area contributed by atoms with Crippen molar-refractivity contribution in [2.45, 2.75) is 31.1 Å². The first-order chi connectivity index (χ1) is 6.93. The normalized spacial score (nSPS) is 24.9. The van der Waals surface area contributed by atoms with E-state index in [1.807, 2.05) is 0 Å². The van der Waals surface area contributed by atoms with Crippen molar-refractivity contribution >= 4 is 12.4 Å². The van der Waals surface area contributed by atoms with E-state index in [9.17, 15) is 0 Å². The molecule has 0 aromatic heterocycles. The molecular formula is C13H18ClN. The molecule has 0 amide bonds. The topological polar surface area (TPSA) is 12.0 Å². The van der Waals surface area contributed by atoms with E-state index < -0.39 is 0 Å². The molecule has 82 valence electrons. The highest BCUT2D eigenvalue weighted by Gasteiger charge is 2.23. The van der Waals surface area contributed by atoms with Gasteiger partial charge in [0.1, 0.15) is 0 Å². The molecule has 1 aromatic carbocycles. The van der Waals surface area contributed by atoms with Crippen LogP contribution in [-0.2, 0) is 0 Å². The molecule has 1 atom stereocenters. The van der Waals surface area contributed by atoms with Gasteiger partial charge in [0.25, 0.3) is 0 Å². The zero-order valence-electron chi connectivity index (χ0n) is 8.91. The predicted molar refractivity (Wildman–Crippen MR) is 65.9 cm³/mol. The average Bonchev–Trinajstić information content (AvgIpc) is 2.94. The highest BCUT2D eigenvalue weighted by molar-refractivity contribution is 5.85. The number of halogens is 1. The Kier molecular flexibility index (Phi) is 3.32. The van der Waals surface area contributed by atoms with Gasteiger partial charge in [-0.25, -0.2) is 0 Å². The first-order valence-electron chi connectivity index (χ1n) is 5.74. The van der Waals surface area contributed by atoms with Crippen LogP contribution >= 0.6 is 12.4 Å². The van der Waals surface area contributed by atoms with Crippen molar-refractivity contribution in [2.75, 3.05) is 13.1 Å². The van der Waals surface area contributed by atoms with Crippen LogP contribution in [0, 0.1) is 0 Å². The maximum absolute atomic E-state index is 3.42. The first kappa shape index (κ1) is 11.0. The van der Waals surface area contributed by atoms with Gasteiger partial charge in [-0.2, -0.15) is 0 Å². The molecule has 15 heavy (non-hydrogen) atoms. The van der Waals surface area contributed by atoms with Crippen molar-refractivity contribution in [3.63, 3.8) is 0 Å². The molecule has 2 aliphatic rings. The predicted octanol–water partition coefficient (Wildman–Crippen LogP) is 3.06. The van der Waals surface area contributed by atoms with Gasteiger partial charge in [-0.3, -0.25) is 0 Å². The van der Waals surface area contributed by atoms with Crippen molar-refractivity contribution in [1.82, 2.24) is 5.32 Å².